The second-order valence-electron chi connectivity index (χ2n) is 6.29. The molecule has 2 aromatic rings. The Morgan fingerprint density at radius 1 is 1.16 bits per heavy atom. The van der Waals surface area contributed by atoms with Gasteiger partial charge in [0.2, 0.25) is 0 Å². The van der Waals surface area contributed by atoms with Crippen LogP contribution in [-0.2, 0) is 9.59 Å². The van der Waals surface area contributed by atoms with Gasteiger partial charge in [0.1, 0.15) is 5.75 Å². The van der Waals surface area contributed by atoms with Gasteiger partial charge in [0.25, 0.3) is 5.91 Å². The van der Waals surface area contributed by atoms with E-state index in [9.17, 15) is 19.5 Å². The number of carboxylic acid groups (broad SMARTS) is 2. The number of aliphatic imine (C=N–C) groups is 1. The quantitative estimate of drug-likeness (QED) is 0.477. The second-order valence-corrected chi connectivity index (χ2v) is 7.30. The normalized spacial score (nSPS) is 16.0. The average molecular weight is 438 g/mol. The van der Waals surface area contributed by atoms with Crippen molar-refractivity contribution >= 4 is 46.5 Å². The number of para-hydroxylation sites is 1. The van der Waals surface area contributed by atoms with Crippen LogP contribution in [0.5, 0.6) is 5.75 Å². The lowest BCUT2D eigenvalue weighted by Crippen LogP contribution is -2.29. The van der Waals surface area contributed by atoms with Gasteiger partial charge >= 0.3 is 11.9 Å². The first-order valence-corrected chi connectivity index (χ1v) is 9.88. The van der Waals surface area contributed by atoms with Crippen molar-refractivity contribution in [3.05, 3.63) is 77.2 Å². The molecule has 31 heavy (non-hydrogen) atoms. The van der Waals surface area contributed by atoms with Gasteiger partial charge in [0.15, 0.2) is 11.8 Å². The number of ether oxygens (including phenoxy) is 1. The fourth-order valence-electron chi connectivity index (χ4n) is 2.73. The Bertz CT molecular complexity index is 1110. The summed E-state index contributed by atoms with van der Waals surface area (Å²) < 4.78 is 5.17. The number of benzene rings is 2. The number of amides is 1. The minimum Gasteiger partial charge on any atom is -0.482 e. The van der Waals surface area contributed by atoms with E-state index in [4.69, 9.17) is 9.84 Å². The van der Waals surface area contributed by atoms with Gasteiger partial charge in [0.05, 0.1) is 16.2 Å². The molecule has 0 radical (unpaired) electrons. The van der Waals surface area contributed by atoms with Crippen LogP contribution in [0.4, 0.5) is 5.69 Å². The number of hydrogen-bond acceptors (Lipinski definition) is 6. The number of carbonyl (C=O) groups is 3. The molecule has 9 heteroatoms. The number of hydrogen-bond donors (Lipinski definition) is 2. The Labute approximate surface area is 182 Å². The molecule has 0 saturated carbocycles. The molecule has 0 bridgehead atoms. The number of rotatable bonds is 8. The number of aromatic carboxylic acids is 1. The topological polar surface area (TPSA) is 117 Å². The second kappa shape index (κ2) is 9.77. The first-order chi connectivity index (χ1) is 14.9. The van der Waals surface area contributed by atoms with Crippen LogP contribution in [0.25, 0.3) is 6.08 Å². The Morgan fingerprint density at radius 3 is 2.65 bits per heavy atom. The van der Waals surface area contributed by atoms with E-state index in [1.807, 2.05) is 0 Å². The number of carboxylic acids is 2. The molecule has 1 amide bonds. The van der Waals surface area contributed by atoms with Crippen LogP contribution in [0.1, 0.15) is 15.9 Å². The molecule has 1 heterocycles. The molecule has 2 aromatic carbocycles. The summed E-state index contributed by atoms with van der Waals surface area (Å²) in [6.07, 6.45) is 3.20. The number of thioether (sulfide) groups is 1. The number of carbonyl (C=O) groups excluding carboxylic acids is 1. The lowest BCUT2D eigenvalue weighted by Gasteiger charge is -2.13. The molecule has 0 spiro atoms. The van der Waals surface area contributed by atoms with Crippen LogP contribution in [-0.4, -0.2) is 51.3 Å². The van der Waals surface area contributed by atoms with E-state index in [0.29, 0.717) is 21.4 Å². The largest absolute Gasteiger partial charge is 0.482 e. The monoisotopic (exact) mass is 438 g/mol. The maximum atomic E-state index is 12.9. The summed E-state index contributed by atoms with van der Waals surface area (Å²) in [5.41, 5.74) is 0.913. The molecular formula is C22H18N2O6S. The van der Waals surface area contributed by atoms with E-state index < -0.39 is 18.5 Å². The van der Waals surface area contributed by atoms with E-state index in [0.717, 1.165) is 11.8 Å². The van der Waals surface area contributed by atoms with Crippen molar-refractivity contribution in [1.82, 2.24) is 4.90 Å². The van der Waals surface area contributed by atoms with Gasteiger partial charge in [-0.1, -0.05) is 30.3 Å². The molecular weight excluding hydrogens is 420 g/mol. The van der Waals surface area contributed by atoms with Crippen molar-refractivity contribution in [3.63, 3.8) is 0 Å². The van der Waals surface area contributed by atoms with Gasteiger partial charge in [-0.3, -0.25) is 9.69 Å². The zero-order valence-corrected chi connectivity index (χ0v) is 17.0. The minimum atomic E-state index is -1.11. The summed E-state index contributed by atoms with van der Waals surface area (Å²) in [6, 6.07) is 13.0. The van der Waals surface area contributed by atoms with Crippen molar-refractivity contribution in [2.24, 2.45) is 4.99 Å². The maximum Gasteiger partial charge on any atom is 0.341 e. The third kappa shape index (κ3) is 5.40. The van der Waals surface area contributed by atoms with Crippen LogP contribution < -0.4 is 4.74 Å². The van der Waals surface area contributed by atoms with Crippen molar-refractivity contribution in [2.75, 3.05) is 13.2 Å². The Morgan fingerprint density at radius 2 is 1.94 bits per heavy atom. The van der Waals surface area contributed by atoms with Crippen LogP contribution in [0, 0.1) is 0 Å². The fourth-order valence-corrected chi connectivity index (χ4v) is 3.73. The van der Waals surface area contributed by atoms with E-state index in [1.54, 1.807) is 54.6 Å². The van der Waals surface area contributed by atoms with Gasteiger partial charge < -0.3 is 14.9 Å². The maximum absolute atomic E-state index is 12.9. The molecule has 2 N–H and O–H groups in total. The highest BCUT2D eigenvalue weighted by Gasteiger charge is 2.33. The van der Waals surface area contributed by atoms with Crippen LogP contribution in [0.3, 0.4) is 0 Å². The molecule has 158 valence electrons. The number of amidine groups is 1. The van der Waals surface area contributed by atoms with Gasteiger partial charge in [-0.05, 0) is 47.7 Å². The lowest BCUT2D eigenvalue weighted by molar-refractivity contribution is -0.139. The van der Waals surface area contributed by atoms with E-state index >= 15 is 0 Å². The molecule has 3 rings (SSSR count). The van der Waals surface area contributed by atoms with Gasteiger partial charge in [-0.25, -0.2) is 14.6 Å². The smallest absolute Gasteiger partial charge is 0.341 e. The lowest BCUT2D eigenvalue weighted by atomic mass is 10.2. The molecule has 1 aliphatic heterocycles. The van der Waals surface area contributed by atoms with E-state index in [1.165, 1.54) is 11.0 Å². The van der Waals surface area contributed by atoms with Crippen LogP contribution in [0.2, 0.25) is 0 Å². The molecule has 0 aliphatic carbocycles. The van der Waals surface area contributed by atoms with Crippen molar-refractivity contribution in [2.45, 2.75) is 0 Å². The Hall–Kier alpha value is -3.85. The highest BCUT2D eigenvalue weighted by atomic mass is 32.2. The van der Waals surface area contributed by atoms with Gasteiger partial charge in [-0.15, -0.1) is 6.58 Å². The van der Waals surface area contributed by atoms with Crippen LogP contribution in [0.15, 0.2) is 71.1 Å². The van der Waals surface area contributed by atoms with Gasteiger partial charge in [-0.2, -0.15) is 0 Å². The Kier molecular flexibility index (Phi) is 6.88. The predicted octanol–water partition coefficient (Wildman–Crippen LogP) is 3.64. The summed E-state index contributed by atoms with van der Waals surface area (Å²) >= 11 is 1.11. The number of aliphatic carboxylic acids is 1. The molecule has 8 nitrogen and oxygen atoms in total. The summed E-state index contributed by atoms with van der Waals surface area (Å²) in [7, 11) is 0. The van der Waals surface area contributed by atoms with Crippen molar-refractivity contribution in [1.29, 1.82) is 0 Å². The fraction of sp³-hybridized carbons (Fsp3) is 0.0909. The summed E-state index contributed by atoms with van der Waals surface area (Å²) in [5.74, 6) is -2.14. The molecule has 1 aliphatic rings. The van der Waals surface area contributed by atoms with E-state index in [2.05, 4.69) is 11.6 Å². The van der Waals surface area contributed by atoms with Crippen molar-refractivity contribution < 1.29 is 29.3 Å². The predicted molar refractivity (Wildman–Crippen MR) is 118 cm³/mol. The summed E-state index contributed by atoms with van der Waals surface area (Å²) in [6.45, 7) is 3.40. The first kappa shape index (κ1) is 21.8. The van der Waals surface area contributed by atoms with Gasteiger partial charge in [0, 0.05) is 6.54 Å². The SMILES string of the molecule is C=CCN1C(=O)/C(=C/c2cccc(OCC(=O)O)c2)SC1=Nc1ccccc1C(=O)O. The molecule has 0 unspecified atom stereocenters. The highest BCUT2D eigenvalue weighted by Crippen LogP contribution is 2.35. The zero-order chi connectivity index (χ0) is 22.4. The standard InChI is InChI=1S/C22H18N2O6S/c1-2-10-24-20(27)18(12-14-6-5-7-15(11-14)30-13-19(25)26)31-22(24)23-17-9-4-3-8-16(17)21(28)29/h2-9,11-12H,1,10,13H2,(H,25,26)(H,28,29)/b18-12-,23-22?. The highest BCUT2D eigenvalue weighted by molar-refractivity contribution is 8.18. The average Bonchev–Trinajstić information content (AvgIpc) is 3.02. The summed E-state index contributed by atoms with van der Waals surface area (Å²) in [5, 5.41) is 18.5. The molecule has 0 atom stereocenters. The first-order valence-electron chi connectivity index (χ1n) is 9.07. The number of nitrogens with zero attached hydrogens (tertiary/aromatic N) is 2. The zero-order valence-electron chi connectivity index (χ0n) is 16.2. The minimum absolute atomic E-state index is 0.0299. The molecule has 1 saturated heterocycles. The third-order valence-electron chi connectivity index (χ3n) is 4.07. The molecule has 0 aromatic heterocycles. The van der Waals surface area contributed by atoms with Crippen LogP contribution >= 0.6 is 11.8 Å². The molecule has 1 fully saturated rings. The Balaban J connectivity index is 1.93. The van der Waals surface area contributed by atoms with Crippen molar-refractivity contribution in [3.8, 4) is 5.75 Å². The van der Waals surface area contributed by atoms with E-state index in [-0.39, 0.29) is 23.7 Å². The summed E-state index contributed by atoms with van der Waals surface area (Å²) in [4.78, 5) is 41.3. The third-order valence-corrected chi connectivity index (χ3v) is 5.08.